The standard InChI is InChI=1S/C23H23F3N2O2/c1-15(12-13-27-2)28-22(29)17-6-11-20-16(14-17)4-3-5-21(20)30-19-9-7-18(8-10-19)23(24,25)26/h3-11,14-15,27H,12-13H2,1-2H3,(H,28,29)/t15-/m1/s1. The average Bonchev–Trinajstić information content (AvgIpc) is 2.72. The number of ether oxygens (including phenoxy) is 1. The van der Waals surface area contributed by atoms with Crippen LogP contribution in [-0.2, 0) is 6.18 Å². The molecule has 4 nitrogen and oxygen atoms in total. The Kier molecular flexibility index (Phi) is 6.62. The zero-order chi connectivity index (χ0) is 21.7. The molecule has 1 atom stereocenters. The van der Waals surface area contributed by atoms with E-state index in [0.29, 0.717) is 17.1 Å². The SMILES string of the molecule is CNCC[C@@H](C)NC(=O)c1ccc2c(Oc3ccc(C(F)(F)F)cc3)cccc2c1. The van der Waals surface area contributed by atoms with E-state index in [4.69, 9.17) is 4.74 Å². The molecule has 3 aromatic rings. The molecule has 3 rings (SSSR count). The van der Waals surface area contributed by atoms with E-state index in [0.717, 1.165) is 35.9 Å². The van der Waals surface area contributed by atoms with Crippen molar-refractivity contribution >= 4 is 16.7 Å². The van der Waals surface area contributed by atoms with Crippen LogP contribution < -0.4 is 15.4 Å². The summed E-state index contributed by atoms with van der Waals surface area (Å²) in [4.78, 5) is 12.5. The smallest absolute Gasteiger partial charge is 0.416 e. The molecule has 0 aliphatic rings. The molecule has 7 heteroatoms. The number of hydrogen-bond donors (Lipinski definition) is 2. The first-order chi connectivity index (χ1) is 14.3. The number of fused-ring (bicyclic) bond motifs is 1. The Morgan fingerprint density at radius 2 is 1.80 bits per heavy atom. The van der Waals surface area contributed by atoms with Crippen molar-refractivity contribution in [3.8, 4) is 11.5 Å². The van der Waals surface area contributed by atoms with E-state index in [-0.39, 0.29) is 11.9 Å². The van der Waals surface area contributed by atoms with Gasteiger partial charge in [-0.15, -0.1) is 0 Å². The lowest BCUT2D eigenvalue weighted by atomic mass is 10.1. The van der Waals surface area contributed by atoms with Crippen molar-refractivity contribution in [2.45, 2.75) is 25.6 Å². The topological polar surface area (TPSA) is 50.4 Å². The molecule has 0 aliphatic heterocycles. The van der Waals surface area contributed by atoms with E-state index >= 15 is 0 Å². The number of rotatable bonds is 7. The summed E-state index contributed by atoms with van der Waals surface area (Å²) in [6, 6.07) is 15.2. The molecular weight excluding hydrogens is 393 g/mol. The molecule has 0 saturated carbocycles. The fraction of sp³-hybridized carbons (Fsp3) is 0.261. The normalized spacial score (nSPS) is 12.6. The maximum atomic E-state index is 12.7. The number of hydrogen-bond acceptors (Lipinski definition) is 3. The van der Waals surface area contributed by atoms with E-state index in [1.807, 2.05) is 20.0 Å². The molecule has 0 radical (unpaired) electrons. The zero-order valence-corrected chi connectivity index (χ0v) is 16.7. The van der Waals surface area contributed by atoms with Crippen LogP contribution in [0.25, 0.3) is 10.8 Å². The first-order valence-corrected chi connectivity index (χ1v) is 9.61. The van der Waals surface area contributed by atoms with Crippen molar-refractivity contribution in [3.05, 3.63) is 71.8 Å². The molecule has 2 N–H and O–H groups in total. The van der Waals surface area contributed by atoms with Gasteiger partial charge in [0.05, 0.1) is 5.56 Å². The third-order valence-electron chi connectivity index (χ3n) is 4.72. The first-order valence-electron chi connectivity index (χ1n) is 9.61. The van der Waals surface area contributed by atoms with Gasteiger partial charge in [0.1, 0.15) is 11.5 Å². The molecule has 1 amide bonds. The summed E-state index contributed by atoms with van der Waals surface area (Å²) in [5.41, 5.74) is -0.196. The predicted octanol–water partition coefficient (Wildman–Crippen LogP) is 5.38. The minimum Gasteiger partial charge on any atom is -0.457 e. The average molecular weight is 416 g/mol. The number of nitrogens with one attached hydrogen (secondary N) is 2. The van der Waals surface area contributed by atoms with Gasteiger partial charge in [0.15, 0.2) is 0 Å². The summed E-state index contributed by atoms with van der Waals surface area (Å²) in [5.74, 6) is 0.645. The van der Waals surface area contributed by atoms with Gasteiger partial charge < -0.3 is 15.4 Å². The Hall–Kier alpha value is -3.06. The molecule has 0 bridgehead atoms. The molecule has 0 fully saturated rings. The molecule has 0 aromatic heterocycles. The molecule has 0 saturated heterocycles. The van der Waals surface area contributed by atoms with E-state index in [1.165, 1.54) is 12.1 Å². The number of benzene rings is 3. The lowest BCUT2D eigenvalue weighted by molar-refractivity contribution is -0.137. The van der Waals surface area contributed by atoms with Crippen LogP contribution in [0.1, 0.15) is 29.3 Å². The molecule has 3 aromatic carbocycles. The zero-order valence-electron chi connectivity index (χ0n) is 16.7. The van der Waals surface area contributed by atoms with Gasteiger partial charge >= 0.3 is 6.18 Å². The number of carbonyl (C=O) groups excluding carboxylic acids is 1. The second kappa shape index (κ2) is 9.17. The summed E-state index contributed by atoms with van der Waals surface area (Å²) < 4.78 is 44.0. The maximum absolute atomic E-state index is 12.7. The van der Waals surface area contributed by atoms with Crippen LogP contribution in [0.3, 0.4) is 0 Å². The number of amides is 1. The largest absolute Gasteiger partial charge is 0.457 e. The highest BCUT2D eigenvalue weighted by atomic mass is 19.4. The van der Waals surface area contributed by atoms with Crippen LogP contribution in [-0.4, -0.2) is 25.5 Å². The summed E-state index contributed by atoms with van der Waals surface area (Å²) >= 11 is 0. The molecule has 158 valence electrons. The van der Waals surface area contributed by atoms with Crippen LogP contribution in [0, 0.1) is 0 Å². The van der Waals surface area contributed by atoms with Crippen LogP contribution in [0.2, 0.25) is 0 Å². The molecule has 0 unspecified atom stereocenters. The minimum absolute atomic E-state index is 0.0370. The summed E-state index contributed by atoms with van der Waals surface area (Å²) in [5, 5.41) is 7.58. The number of carbonyl (C=O) groups is 1. The highest BCUT2D eigenvalue weighted by Crippen LogP contribution is 2.33. The monoisotopic (exact) mass is 416 g/mol. The van der Waals surface area contributed by atoms with Crippen LogP contribution in [0.4, 0.5) is 13.2 Å². The highest BCUT2D eigenvalue weighted by molar-refractivity contribution is 6.00. The lowest BCUT2D eigenvalue weighted by Gasteiger charge is -2.14. The first kappa shape index (κ1) is 21.6. The van der Waals surface area contributed by atoms with E-state index < -0.39 is 11.7 Å². The van der Waals surface area contributed by atoms with E-state index in [1.54, 1.807) is 30.3 Å². The van der Waals surface area contributed by atoms with Crippen molar-refractivity contribution in [3.63, 3.8) is 0 Å². The number of alkyl halides is 3. The highest BCUT2D eigenvalue weighted by Gasteiger charge is 2.30. The molecule has 0 aliphatic carbocycles. The van der Waals surface area contributed by atoms with E-state index in [9.17, 15) is 18.0 Å². The van der Waals surface area contributed by atoms with Gasteiger partial charge in [-0.05, 0) is 80.9 Å². The second-order valence-corrected chi connectivity index (χ2v) is 7.08. The van der Waals surface area contributed by atoms with Gasteiger partial charge in [0.2, 0.25) is 0 Å². The molecule has 30 heavy (non-hydrogen) atoms. The van der Waals surface area contributed by atoms with Crippen molar-refractivity contribution in [1.82, 2.24) is 10.6 Å². The Morgan fingerprint density at radius 1 is 1.07 bits per heavy atom. The van der Waals surface area contributed by atoms with Gasteiger partial charge in [0, 0.05) is 17.0 Å². The van der Waals surface area contributed by atoms with Gasteiger partial charge in [0.25, 0.3) is 5.91 Å². The molecule has 0 spiro atoms. The Bertz CT molecular complexity index is 1020. The Labute approximate surface area is 173 Å². The van der Waals surface area contributed by atoms with E-state index in [2.05, 4.69) is 10.6 Å². The van der Waals surface area contributed by atoms with Crippen molar-refractivity contribution < 1.29 is 22.7 Å². The quantitative estimate of drug-likeness (QED) is 0.544. The van der Waals surface area contributed by atoms with Crippen molar-refractivity contribution in [2.75, 3.05) is 13.6 Å². The lowest BCUT2D eigenvalue weighted by Crippen LogP contribution is -2.34. The summed E-state index contributed by atoms with van der Waals surface area (Å²) in [7, 11) is 1.86. The van der Waals surface area contributed by atoms with Gasteiger partial charge in [-0.1, -0.05) is 12.1 Å². The van der Waals surface area contributed by atoms with Gasteiger partial charge in [-0.2, -0.15) is 13.2 Å². The molecule has 0 heterocycles. The maximum Gasteiger partial charge on any atom is 0.416 e. The van der Waals surface area contributed by atoms with Crippen molar-refractivity contribution in [2.24, 2.45) is 0 Å². The minimum atomic E-state index is -4.39. The predicted molar refractivity (Wildman–Crippen MR) is 111 cm³/mol. The van der Waals surface area contributed by atoms with Crippen LogP contribution >= 0.6 is 0 Å². The summed E-state index contributed by atoms with van der Waals surface area (Å²) in [6.45, 7) is 2.76. The van der Waals surface area contributed by atoms with Gasteiger partial charge in [-0.25, -0.2) is 0 Å². The summed E-state index contributed by atoms with van der Waals surface area (Å²) in [6.07, 6.45) is -3.57. The van der Waals surface area contributed by atoms with Crippen LogP contribution in [0.15, 0.2) is 60.7 Å². The second-order valence-electron chi connectivity index (χ2n) is 7.08. The number of halogens is 3. The van der Waals surface area contributed by atoms with Gasteiger partial charge in [-0.3, -0.25) is 4.79 Å². The van der Waals surface area contributed by atoms with Crippen molar-refractivity contribution in [1.29, 1.82) is 0 Å². The third-order valence-corrected chi connectivity index (χ3v) is 4.72. The fourth-order valence-corrected chi connectivity index (χ4v) is 3.06. The Morgan fingerprint density at radius 3 is 2.47 bits per heavy atom. The molecular formula is C23H23F3N2O2. The third kappa shape index (κ3) is 5.30. The fourth-order valence-electron chi connectivity index (χ4n) is 3.06. The Balaban J connectivity index is 1.78. The van der Waals surface area contributed by atoms with Crippen LogP contribution in [0.5, 0.6) is 11.5 Å².